The Morgan fingerprint density at radius 3 is 1.80 bits per heavy atom. The molecule has 4 heteroatoms. The van der Waals surface area contributed by atoms with Crippen LogP contribution in [0.15, 0.2) is 84.9 Å². The van der Waals surface area contributed by atoms with E-state index in [0.717, 1.165) is 16.7 Å². The predicted molar refractivity (Wildman–Crippen MR) is 120 cm³/mol. The molecule has 0 heterocycles. The van der Waals surface area contributed by atoms with Crippen LogP contribution in [-0.4, -0.2) is 23.3 Å². The lowest BCUT2D eigenvalue weighted by Crippen LogP contribution is -2.39. The Morgan fingerprint density at radius 2 is 1.27 bits per heavy atom. The van der Waals surface area contributed by atoms with Crippen molar-refractivity contribution in [2.24, 2.45) is 0 Å². The van der Waals surface area contributed by atoms with Crippen LogP contribution >= 0.6 is 0 Å². The molecule has 3 aromatic carbocycles. The molecule has 0 saturated heterocycles. The van der Waals surface area contributed by atoms with E-state index in [1.807, 2.05) is 91.9 Å². The first-order valence-electron chi connectivity index (χ1n) is 10.3. The van der Waals surface area contributed by atoms with E-state index in [-0.39, 0.29) is 18.4 Å². The normalized spacial score (nSPS) is 10.4. The first-order chi connectivity index (χ1) is 14.6. The monoisotopic (exact) mass is 400 g/mol. The zero-order valence-electron chi connectivity index (χ0n) is 17.4. The average Bonchev–Trinajstić information content (AvgIpc) is 2.78. The highest BCUT2D eigenvalue weighted by Crippen LogP contribution is 2.10. The molecular weight excluding hydrogens is 372 g/mol. The Labute approximate surface area is 178 Å². The lowest BCUT2D eigenvalue weighted by molar-refractivity contribution is -0.133. The summed E-state index contributed by atoms with van der Waals surface area (Å²) in [6.45, 7) is 3.06. The van der Waals surface area contributed by atoms with Crippen molar-refractivity contribution >= 4 is 11.8 Å². The minimum absolute atomic E-state index is 0.00635. The van der Waals surface area contributed by atoms with E-state index in [1.54, 1.807) is 4.90 Å². The standard InChI is InChI=1S/C26H28N2O2/c1-21-12-14-22(15-13-21)16-17-25(29)27-18-26(30)28(19-23-8-4-2-5-9-23)20-24-10-6-3-7-11-24/h2-15H,16-20H2,1H3,(H,27,29). The number of rotatable bonds is 9. The maximum absolute atomic E-state index is 12.9. The van der Waals surface area contributed by atoms with Crippen molar-refractivity contribution in [2.45, 2.75) is 32.9 Å². The molecule has 2 amide bonds. The highest BCUT2D eigenvalue weighted by molar-refractivity contribution is 5.84. The lowest BCUT2D eigenvalue weighted by atomic mass is 10.1. The van der Waals surface area contributed by atoms with E-state index in [1.165, 1.54) is 5.56 Å². The number of nitrogens with one attached hydrogen (secondary N) is 1. The van der Waals surface area contributed by atoms with Crippen LogP contribution in [0.3, 0.4) is 0 Å². The lowest BCUT2D eigenvalue weighted by Gasteiger charge is -2.23. The van der Waals surface area contributed by atoms with Crippen LogP contribution in [0.1, 0.15) is 28.7 Å². The summed E-state index contributed by atoms with van der Waals surface area (Å²) < 4.78 is 0. The molecular formula is C26H28N2O2. The summed E-state index contributed by atoms with van der Waals surface area (Å²) in [7, 11) is 0. The van der Waals surface area contributed by atoms with Crippen LogP contribution in [0.4, 0.5) is 0 Å². The number of nitrogens with zero attached hydrogens (tertiary/aromatic N) is 1. The second-order valence-electron chi connectivity index (χ2n) is 7.48. The van der Waals surface area contributed by atoms with E-state index in [4.69, 9.17) is 0 Å². The highest BCUT2D eigenvalue weighted by atomic mass is 16.2. The average molecular weight is 401 g/mol. The van der Waals surface area contributed by atoms with Gasteiger partial charge in [-0.3, -0.25) is 9.59 Å². The van der Waals surface area contributed by atoms with Gasteiger partial charge in [-0.2, -0.15) is 0 Å². The first kappa shape index (κ1) is 21.3. The summed E-state index contributed by atoms with van der Waals surface area (Å²) in [5.41, 5.74) is 4.45. The van der Waals surface area contributed by atoms with E-state index in [2.05, 4.69) is 5.32 Å². The molecule has 4 nitrogen and oxygen atoms in total. The summed E-state index contributed by atoms with van der Waals surface area (Å²) in [4.78, 5) is 26.9. The van der Waals surface area contributed by atoms with Crippen LogP contribution in [0.2, 0.25) is 0 Å². The summed E-state index contributed by atoms with van der Waals surface area (Å²) in [6, 6.07) is 28.0. The number of hydrogen-bond acceptors (Lipinski definition) is 2. The largest absolute Gasteiger partial charge is 0.347 e. The molecule has 0 fully saturated rings. The van der Waals surface area contributed by atoms with Crippen LogP contribution in [-0.2, 0) is 29.1 Å². The van der Waals surface area contributed by atoms with Crippen molar-refractivity contribution in [2.75, 3.05) is 6.54 Å². The van der Waals surface area contributed by atoms with Crippen LogP contribution in [0.25, 0.3) is 0 Å². The van der Waals surface area contributed by atoms with E-state index >= 15 is 0 Å². The minimum atomic E-state index is -0.108. The van der Waals surface area contributed by atoms with Gasteiger partial charge in [-0.05, 0) is 30.0 Å². The first-order valence-corrected chi connectivity index (χ1v) is 10.3. The van der Waals surface area contributed by atoms with Crippen LogP contribution < -0.4 is 5.32 Å². The summed E-state index contributed by atoms with van der Waals surface area (Å²) in [5, 5.41) is 2.79. The highest BCUT2D eigenvalue weighted by Gasteiger charge is 2.15. The van der Waals surface area contributed by atoms with Crippen molar-refractivity contribution in [1.82, 2.24) is 10.2 Å². The quantitative estimate of drug-likeness (QED) is 0.583. The third-order valence-electron chi connectivity index (χ3n) is 4.98. The van der Waals surface area contributed by atoms with Gasteiger partial charge >= 0.3 is 0 Å². The molecule has 0 spiro atoms. The molecule has 30 heavy (non-hydrogen) atoms. The fourth-order valence-corrected chi connectivity index (χ4v) is 3.23. The molecule has 3 rings (SSSR count). The molecule has 0 aromatic heterocycles. The van der Waals surface area contributed by atoms with Gasteiger partial charge in [0.15, 0.2) is 0 Å². The minimum Gasteiger partial charge on any atom is -0.347 e. The molecule has 0 unspecified atom stereocenters. The maximum atomic E-state index is 12.9. The molecule has 0 aliphatic carbocycles. The second kappa shape index (κ2) is 11.0. The van der Waals surface area contributed by atoms with Gasteiger partial charge in [0.05, 0.1) is 6.54 Å². The van der Waals surface area contributed by atoms with Crippen LogP contribution in [0, 0.1) is 6.92 Å². The summed E-state index contributed by atoms with van der Waals surface area (Å²) in [5.74, 6) is -0.199. The Kier molecular flexibility index (Phi) is 7.78. The zero-order chi connectivity index (χ0) is 21.2. The molecule has 0 aliphatic rings. The number of hydrogen-bond donors (Lipinski definition) is 1. The number of benzene rings is 3. The third kappa shape index (κ3) is 6.89. The van der Waals surface area contributed by atoms with Crippen molar-refractivity contribution in [1.29, 1.82) is 0 Å². The molecule has 0 radical (unpaired) electrons. The molecule has 3 aromatic rings. The van der Waals surface area contributed by atoms with E-state index < -0.39 is 0 Å². The van der Waals surface area contributed by atoms with E-state index in [9.17, 15) is 9.59 Å². The number of carbonyl (C=O) groups is 2. The number of carbonyl (C=O) groups excluding carboxylic acids is 2. The Morgan fingerprint density at radius 1 is 0.733 bits per heavy atom. The summed E-state index contributed by atoms with van der Waals surface area (Å²) in [6.07, 6.45) is 1.03. The van der Waals surface area contributed by atoms with Crippen LogP contribution in [0.5, 0.6) is 0 Å². The molecule has 0 atom stereocenters. The Balaban J connectivity index is 1.55. The Hall–Kier alpha value is -3.40. The van der Waals surface area contributed by atoms with Gasteiger partial charge in [-0.15, -0.1) is 0 Å². The van der Waals surface area contributed by atoms with Gasteiger partial charge in [-0.25, -0.2) is 0 Å². The Bertz CT molecular complexity index is 896. The molecule has 154 valence electrons. The van der Waals surface area contributed by atoms with Crippen molar-refractivity contribution < 1.29 is 9.59 Å². The van der Waals surface area contributed by atoms with Gasteiger partial charge in [0.2, 0.25) is 11.8 Å². The van der Waals surface area contributed by atoms with Gasteiger partial charge in [0.25, 0.3) is 0 Å². The van der Waals surface area contributed by atoms with Gasteiger partial charge in [0.1, 0.15) is 0 Å². The molecule has 0 bridgehead atoms. The van der Waals surface area contributed by atoms with Crippen molar-refractivity contribution in [3.63, 3.8) is 0 Å². The topological polar surface area (TPSA) is 49.4 Å². The smallest absolute Gasteiger partial charge is 0.242 e. The fourth-order valence-electron chi connectivity index (χ4n) is 3.23. The molecule has 0 saturated carbocycles. The molecule has 1 N–H and O–H groups in total. The van der Waals surface area contributed by atoms with Gasteiger partial charge in [-0.1, -0.05) is 90.5 Å². The van der Waals surface area contributed by atoms with Gasteiger partial charge in [0, 0.05) is 19.5 Å². The second-order valence-corrected chi connectivity index (χ2v) is 7.48. The van der Waals surface area contributed by atoms with Crippen molar-refractivity contribution in [3.8, 4) is 0 Å². The predicted octanol–water partition coefficient (Wildman–Crippen LogP) is 4.27. The maximum Gasteiger partial charge on any atom is 0.242 e. The third-order valence-corrected chi connectivity index (χ3v) is 4.98. The fraction of sp³-hybridized carbons (Fsp3) is 0.231. The SMILES string of the molecule is Cc1ccc(CCC(=O)NCC(=O)N(Cc2ccccc2)Cc2ccccc2)cc1. The number of aryl methyl sites for hydroxylation is 2. The summed E-state index contributed by atoms with van der Waals surface area (Å²) >= 11 is 0. The number of amides is 2. The zero-order valence-corrected chi connectivity index (χ0v) is 17.4. The molecule has 0 aliphatic heterocycles. The van der Waals surface area contributed by atoms with E-state index in [0.29, 0.717) is 25.9 Å². The van der Waals surface area contributed by atoms with Crippen molar-refractivity contribution in [3.05, 3.63) is 107 Å². The van der Waals surface area contributed by atoms with Gasteiger partial charge < -0.3 is 10.2 Å².